The molecule has 2 heterocycles. The molecule has 1 N–H and O–H groups in total. The van der Waals surface area contributed by atoms with Gasteiger partial charge in [-0.2, -0.15) is 5.26 Å². The molecule has 4 rings (SSSR count). The van der Waals surface area contributed by atoms with Crippen molar-refractivity contribution < 1.29 is 5.11 Å². The molecule has 2 aromatic carbocycles. The molecule has 0 radical (unpaired) electrons. The van der Waals surface area contributed by atoms with E-state index in [9.17, 15) is 10.0 Å². The van der Waals surface area contributed by atoms with Crippen molar-refractivity contribution >= 4 is 27.6 Å². The first-order valence-corrected chi connectivity index (χ1v) is 8.69. The van der Waals surface area contributed by atoms with Gasteiger partial charge in [-0.1, -0.05) is 30.3 Å². The number of para-hydroxylation sites is 3. The second-order valence-electron chi connectivity index (χ2n) is 6.30. The molecule has 0 unspecified atom stereocenters. The number of nitroso groups, excluding NO2 is 1. The summed E-state index contributed by atoms with van der Waals surface area (Å²) in [5, 5.41) is 23.0. The molecular formula is C20H17N5O2. The summed E-state index contributed by atoms with van der Waals surface area (Å²) in [6, 6.07) is 17.2. The number of nitriles is 1. The van der Waals surface area contributed by atoms with Gasteiger partial charge in [0.05, 0.1) is 29.2 Å². The number of aromatic nitrogens is 3. The Hall–Kier alpha value is -3.66. The van der Waals surface area contributed by atoms with Crippen LogP contribution in [0.3, 0.4) is 0 Å². The predicted molar refractivity (Wildman–Crippen MR) is 103 cm³/mol. The molecule has 0 saturated heterocycles. The van der Waals surface area contributed by atoms with Gasteiger partial charge in [0, 0.05) is 18.4 Å². The molecule has 0 saturated carbocycles. The SMILES string of the molecule is N#CCCCn1c(Cn2c(O)c(N=O)c3ccccc32)nc2ccccc21. The van der Waals surface area contributed by atoms with E-state index in [4.69, 9.17) is 10.2 Å². The molecule has 0 aliphatic heterocycles. The Morgan fingerprint density at radius 1 is 1.07 bits per heavy atom. The highest BCUT2D eigenvalue weighted by Gasteiger charge is 2.19. The lowest BCUT2D eigenvalue weighted by atomic mass is 10.2. The van der Waals surface area contributed by atoms with Crippen LogP contribution in [0.5, 0.6) is 5.88 Å². The van der Waals surface area contributed by atoms with Crippen LogP contribution in [0.2, 0.25) is 0 Å². The average molecular weight is 359 g/mol. The van der Waals surface area contributed by atoms with Crippen LogP contribution in [0.15, 0.2) is 53.7 Å². The fourth-order valence-corrected chi connectivity index (χ4v) is 3.47. The number of benzene rings is 2. The zero-order valence-electron chi connectivity index (χ0n) is 14.5. The van der Waals surface area contributed by atoms with E-state index in [1.807, 2.05) is 36.4 Å². The van der Waals surface area contributed by atoms with E-state index in [1.54, 1.807) is 16.7 Å². The highest BCUT2D eigenvalue weighted by molar-refractivity contribution is 5.95. The summed E-state index contributed by atoms with van der Waals surface area (Å²) in [5.74, 6) is 0.587. The maximum absolute atomic E-state index is 11.2. The Labute approximate surface area is 155 Å². The van der Waals surface area contributed by atoms with E-state index in [-0.39, 0.29) is 11.6 Å². The first-order chi connectivity index (χ1) is 13.2. The number of rotatable bonds is 6. The number of fused-ring (bicyclic) bond motifs is 2. The smallest absolute Gasteiger partial charge is 0.222 e. The number of aryl methyl sites for hydroxylation is 1. The number of nitrogens with zero attached hydrogens (tertiary/aromatic N) is 5. The summed E-state index contributed by atoms with van der Waals surface area (Å²) in [7, 11) is 0. The van der Waals surface area contributed by atoms with Gasteiger partial charge in [-0.25, -0.2) is 4.98 Å². The Morgan fingerprint density at radius 2 is 1.81 bits per heavy atom. The zero-order valence-corrected chi connectivity index (χ0v) is 14.5. The van der Waals surface area contributed by atoms with Crippen molar-refractivity contribution in [3.8, 4) is 11.9 Å². The van der Waals surface area contributed by atoms with Crippen LogP contribution in [0.1, 0.15) is 18.7 Å². The Balaban J connectivity index is 1.84. The fourth-order valence-electron chi connectivity index (χ4n) is 3.47. The van der Waals surface area contributed by atoms with E-state index in [1.165, 1.54) is 0 Å². The van der Waals surface area contributed by atoms with Gasteiger partial charge in [0.15, 0.2) is 5.69 Å². The third-order valence-electron chi connectivity index (χ3n) is 4.71. The highest BCUT2D eigenvalue weighted by atomic mass is 16.3. The van der Waals surface area contributed by atoms with E-state index in [0.717, 1.165) is 22.4 Å². The van der Waals surface area contributed by atoms with Crippen LogP contribution in [-0.2, 0) is 13.1 Å². The van der Waals surface area contributed by atoms with Gasteiger partial charge >= 0.3 is 0 Å². The van der Waals surface area contributed by atoms with E-state index < -0.39 is 0 Å². The van der Waals surface area contributed by atoms with Gasteiger partial charge < -0.3 is 14.2 Å². The molecule has 0 atom stereocenters. The molecule has 2 aromatic heterocycles. The zero-order chi connectivity index (χ0) is 18.8. The van der Waals surface area contributed by atoms with Gasteiger partial charge in [0.25, 0.3) is 0 Å². The lowest BCUT2D eigenvalue weighted by Gasteiger charge is -2.10. The summed E-state index contributed by atoms with van der Waals surface area (Å²) in [6.07, 6.45) is 1.17. The summed E-state index contributed by atoms with van der Waals surface area (Å²) in [6.45, 7) is 0.950. The molecule has 0 aliphatic carbocycles. The standard InChI is InChI=1S/C20H17N5O2/c21-11-5-6-12-24-17-10-4-2-8-15(17)22-18(24)13-25-16-9-3-1-7-14(16)19(23-27)20(25)26/h1-4,7-10,26H,5-6,12-13H2. The third-order valence-corrected chi connectivity index (χ3v) is 4.71. The number of hydrogen-bond acceptors (Lipinski definition) is 5. The van der Waals surface area contributed by atoms with Gasteiger partial charge in [0.1, 0.15) is 5.82 Å². The Kier molecular flexibility index (Phi) is 4.30. The molecule has 0 fully saturated rings. The number of hydrogen-bond donors (Lipinski definition) is 1. The van der Waals surface area contributed by atoms with Gasteiger partial charge in [-0.3, -0.25) is 0 Å². The first kappa shape index (κ1) is 16.8. The summed E-state index contributed by atoms with van der Waals surface area (Å²) < 4.78 is 3.71. The molecule has 0 bridgehead atoms. The van der Waals surface area contributed by atoms with Gasteiger partial charge in [-0.05, 0) is 29.8 Å². The van der Waals surface area contributed by atoms with Crippen LogP contribution >= 0.6 is 0 Å². The van der Waals surface area contributed by atoms with Crippen LogP contribution in [0, 0.1) is 16.2 Å². The van der Waals surface area contributed by atoms with Crippen molar-refractivity contribution in [2.45, 2.75) is 25.9 Å². The van der Waals surface area contributed by atoms with E-state index in [0.29, 0.717) is 31.3 Å². The minimum absolute atomic E-state index is 0.0396. The van der Waals surface area contributed by atoms with Crippen LogP contribution in [0.25, 0.3) is 21.9 Å². The maximum Gasteiger partial charge on any atom is 0.222 e. The minimum Gasteiger partial charge on any atom is -0.493 e. The van der Waals surface area contributed by atoms with Crippen molar-refractivity contribution in [1.29, 1.82) is 5.26 Å². The molecule has 7 nitrogen and oxygen atoms in total. The lowest BCUT2D eigenvalue weighted by molar-refractivity contribution is 0.426. The average Bonchev–Trinajstić information content (AvgIpc) is 3.17. The predicted octanol–water partition coefficient (Wildman–Crippen LogP) is 4.45. The largest absolute Gasteiger partial charge is 0.493 e. The van der Waals surface area contributed by atoms with Crippen LogP contribution < -0.4 is 0 Å². The Bertz CT molecular complexity index is 1180. The monoisotopic (exact) mass is 359 g/mol. The molecular weight excluding hydrogens is 342 g/mol. The first-order valence-electron chi connectivity index (χ1n) is 8.69. The normalized spacial score (nSPS) is 11.1. The molecule has 0 amide bonds. The van der Waals surface area contributed by atoms with Crippen LogP contribution in [0.4, 0.5) is 5.69 Å². The van der Waals surface area contributed by atoms with Crippen molar-refractivity contribution in [2.24, 2.45) is 5.18 Å². The highest BCUT2D eigenvalue weighted by Crippen LogP contribution is 2.38. The molecule has 4 aromatic rings. The lowest BCUT2D eigenvalue weighted by Crippen LogP contribution is -2.09. The molecule has 27 heavy (non-hydrogen) atoms. The third kappa shape index (κ3) is 2.81. The van der Waals surface area contributed by atoms with Crippen molar-refractivity contribution in [1.82, 2.24) is 14.1 Å². The van der Waals surface area contributed by atoms with Crippen molar-refractivity contribution in [3.05, 3.63) is 59.3 Å². The van der Waals surface area contributed by atoms with Gasteiger partial charge in [-0.15, -0.1) is 4.91 Å². The maximum atomic E-state index is 11.2. The van der Waals surface area contributed by atoms with Crippen molar-refractivity contribution in [3.63, 3.8) is 0 Å². The molecule has 0 spiro atoms. The Morgan fingerprint density at radius 3 is 2.59 bits per heavy atom. The number of unbranched alkanes of at least 4 members (excludes halogenated alkanes) is 1. The van der Waals surface area contributed by atoms with Crippen LogP contribution in [-0.4, -0.2) is 19.2 Å². The second-order valence-corrected chi connectivity index (χ2v) is 6.30. The molecule has 0 aliphatic rings. The summed E-state index contributed by atoms with van der Waals surface area (Å²) >= 11 is 0. The number of aromatic hydroxyl groups is 1. The molecule has 134 valence electrons. The quantitative estimate of drug-likeness (QED) is 0.406. The number of imidazole rings is 1. The fraction of sp³-hybridized carbons (Fsp3) is 0.200. The minimum atomic E-state index is -0.165. The second kappa shape index (κ2) is 6.92. The summed E-state index contributed by atoms with van der Waals surface area (Å²) in [4.78, 5) is 15.9. The van der Waals surface area contributed by atoms with Gasteiger partial charge in [0.2, 0.25) is 5.88 Å². The van der Waals surface area contributed by atoms with E-state index in [2.05, 4.69) is 15.8 Å². The van der Waals surface area contributed by atoms with E-state index >= 15 is 0 Å². The summed E-state index contributed by atoms with van der Waals surface area (Å²) in [5.41, 5.74) is 2.60. The molecule has 7 heteroatoms. The topological polar surface area (TPSA) is 96.2 Å². The van der Waals surface area contributed by atoms with Crippen molar-refractivity contribution in [2.75, 3.05) is 0 Å².